The first-order valence-electron chi connectivity index (χ1n) is 11.3. The maximum Gasteiger partial charge on any atom is 0.229 e. The fourth-order valence-electron chi connectivity index (χ4n) is 4.57. The summed E-state index contributed by atoms with van der Waals surface area (Å²) in [5, 5.41) is 2.91. The molecule has 0 aliphatic carbocycles. The standard InChI is InChI=1S/C25H29FN4O3/c1-16-5-6-22(21(26)11-16)30-15-19(13-23(30)31)25(33)28-20-4-2-3-17(12-20)14-29-9-7-18(8-10-29)24(27)32/h2-6,11-12,18-19H,7-10,13-15H2,1H3,(H2,27,32)(H,28,33). The molecule has 2 heterocycles. The van der Waals surface area contributed by atoms with Crippen molar-refractivity contribution in [2.75, 3.05) is 29.9 Å². The summed E-state index contributed by atoms with van der Waals surface area (Å²) in [6, 6.07) is 12.3. The van der Waals surface area contributed by atoms with E-state index in [1.807, 2.05) is 24.3 Å². The average Bonchev–Trinajstić information content (AvgIpc) is 3.16. The van der Waals surface area contributed by atoms with Crippen LogP contribution in [0.25, 0.3) is 0 Å². The number of hydrogen-bond acceptors (Lipinski definition) is 4. The molecule has 8 heteroatoms. The van der Waals surface area contributed by atoms with Gasteiger partial charge >= 0.3 is 0 Å². The number of amides is 3. The average molecular weight is 453 g/mol. The molecule has 2 aromatic carbocycles. The summed E-state index contributed by atoms with van der Waals surface area (Å²) in [5.74, 6) is -1.79. The zero-order chi connectivity index (χ0) is 23.5. The van der Waals surface area contributed by atoms with E-state index in [9.17, 15) is 18.8 Å². The third-order valence-electron chi connectivity index (χ3n) is 6.48. The number of nitrogens with one attached hydrogen (secondary N) is 1. The number of nitrogens with zero attached hydrogens (tertiary/aromatic N) is 2. The number of likely N-dealkylation sites (tertiary alicyclic amines) is 1. The Hall–Kier alpha value is -3.26. The van der Waals surface area contributed by atoms with E-state index in [1.54, 1.807) is 19.1 Å². The summed E-state index contributed by atoms with van der Waals surface area (Å²) >= 11 is 0. The Balaban J connectivity index is 1.35. The number of primary amides is 1. The van der Waals surface area contributed by atoms with Gasteiger partial charge in [0.15, 0.2) is 0 Å². The van der Waals surface area contributed by atoms with E-state index >= 15 is 0 Å². The molecule has 0 saturated carbocycles. The van der Waals surface area contributed by atoms with Crippen molar-refractivity contribution in [3.8, 4) is 0 Å². The SMILES string of the molecule is Cc1ccc(N2CC(C(=O)Nc3cccc(CN4CCC(C(N)=O)CC4)c3)CC2=O)c(F)c1. The normalized spacial score (nSPS) is 19.6. The van der Waals surface area contributed by atoms with Gasteiger partial charge in [-0.1, -0.05) is 18.2 Å². The zero-order valence-corrected chi connectivity index (χ0v) is 18.7. The van der Waals surface area contributed by atoms with Crippen LogP contribution < -0.4 is 16.0 Å². The van der Waals surface area contributed by atoms with Crippen molar-refractivity contribution in [2.24, 2.45) is 17.6 Å². The Kier molecular flexibility index (Phi) is 6.74. The molecule has 0 aromatic heterocycles. The van der Waals surface area contributed by atoms with E-state index < -0.39 is 11.7 Å². The Morgan fingerprint density at radius 2 is 1.88 bits per heavy atom. The lowest BCUT2D eigenvalue weighted by atomic mass is 9.96. The van der Waals surface area contributed by atoms with Crippen LogP contribution in [0.4, 0.5) is 15.8 Å². The summed E-state index contributed by atoms with van der Waals surface area (Å²) in [4.78, 5) is 40.3. The van der Waals surface area contributed by atoms with Gasteiger partial charge in [-0.2, -0.15) is 0 Å². The second kappa shape index (κ2) is 9.70. The van der Waals surface area contributed by atoms with Crippen LogP contribution in [0.2, 0.25) is 0 Å². The summed E-state index contributed by atoms with van der Waals surface area (Å²) < 4.78 is 14.3. The van der Waals surface area contributed by atoms with Gasteiger partial charge in [-0.25, -0.2) is 4.39 Å². The lowest BCUT2D eigenvalue weighted by Crippen LogP contribution is -2.38. The molecule has 2 aliphatic rings. The second-order valence-electron chi connectivity index (χ2n) is 9.00. The number of piperidine rings is 1. The lowest BCUT2D eigenvalue weighted by Gasteiger charge is -2.30. The molecule has 2 aromatic rings. The summed E-state index contributed by atoms with van der Waals surface area (Å²) in [7, 11) is 0. The summed E-state index contributed by atoms with van der Waals surface area (Å²) in [6.45, 7) is 4.27. The molecular formula is C25H29FN4O3. The number of aryl methyl sites for hydroxylation is 1. The maximum absolute atomic E-state index is 14.3. The monoisotopic (exact) mass is 452 g/mol. The van der Waals surface area contributed by atoms with Gasteiger partial charge in [0.2, 0.25) is 17.7 Å². The molecule has 3 N–H and O–H groups in total. The highest BCUT2D eigenvalue weighted by atomic mass is 19.1. The van der Waals surface area contributed by atoms with Gasteiger partial charge in [-0.3, -0.25) is 19.3 Å². The molecule has 2 aliphatic heterocycles. The highest BCUT2D eigenvalue weighted by Gasteiger charge is 2.36. The second-order valence-corrected chi connectivity index (χ2v) is 9.00. The predicted molar refractivity (Wildman–Crippen MR) is 124 cm³/mol. The molecule has 1 atom stereocenters. The van der Waals surface area contributed by atoms with E-state index in [-0.39, 0.29) is 42.3 Å². The van der Waals surface area contributed by atoms with Gasteiger partial charge in [0.05, 0.1) is 11.6 Å². The van der Waals surface area contributed by atoms with Gasteiger partial charge in [0, 0.05) is 31.1 Å². The Morgan fingerprint density at radius 1 is 1.12 bits per heavy atom. The molecule has 0 bridgehead atoms. The van der Waals surface area contributed by atoms with Gasteiger partial charge in [-0.05, 0) is 68.2 Å². The minimum atomic E-state index is -0.547. The number of rotatable bonds is 6. The highest BCUT2D eigenvalue weighted by Crippen LogP contribution is 2.29. The van der Waals surface area contributed by atoms with Crippen molar-refractivity contribution in [1.29, 1.82) is 0 Å². The van der Waals surface area contributed by atoms with E-state index in [0.717, 1.165) is 43.6 Å². The number of halogens is 1. The summed E-state index contributed by atoms with van der Waals surface area (Å²) in [5.41, 5.74) is 8.11. The highest BCUT2D eigenvalue weighted by molar-refractivity contribution is 6.03. The minimum Gasteiger partial charge on any atom is -0.369 e. The van der Waals surface area contributed by atoms with Crippen LogP contribution >= 0.6 is 0 Å². The van der Waals surface area contributed by atoms with E-state index in [1.165, 1.54) is 11.0 Å². The fraction of sp³-hybridized carbons (Fsp3) is 0.400. The van der Waals surface area contributed by atoms with Crippen molar-refractivity contribution < 1.29 is 18.8 Å². The van der Waals surface area contributed by atoms with Gasteiger partial charge < -0.3 is 16.0 Å². The first kappa shape index (κ1) is 22.9. The van der Waals surface area contributed by atoms with Crippen LogP contribution in [-0.4, -0.2) is 42.3 Å². The number of benzene rings is 2. The van der Waals surface area contributed by atoms with Crippen LogP contribution in [0.3, 0.4) is 0 Å². The molecular weight excluding hydrogens is 423 g/mol. The van der Waals surface area contributed by atoms with Crippen molar-refractivity contribution >= 4 is 29.1 Å². The quantitative estimate of drug-likeness (QED) is 0.705. The third kappa shape index (κ3) is 5.39. The van der Waals surface area contributed by atoms with Crippen molar-refractivity contribution in [2.45, 2.75) is 32.7 Å². The van der Waals surface area contributed by atoms with Gasteiger partial charge in [-0.15, -0.1) is 0 Å². The molecule has 2 saturated heterocycles. The van der Waals surface area contributed by atoms with Crippen LogP contribution in [0, 0.1) is 24.6 Å². The predicted octanol–water partition coefficient (Wildman–Crippen LogP) is 2.82. The maximum atomic E-state index is 14.3. The first-order chi connectivity index (χ1) is 15.8. The number of carbonyl (C=O) groups excluding carboxylic acids is 3. The molecule has 174 valence electrons. The van der Waals surface area contributed by atoms with Crippen molar-refractivity contribution in [3.05, 3.63) is 59.4 Å². The number of hydrogen-bond donors (Lipinski definition) is 2. The molecule has 0 radical (unpaired) electrons. The van der Waals surface area contributed by atoms with Crippen LogP contribution in [-0.2, 0) is 20.9 Å². The number of anilines is 2. The van der Waals surface area contributed by atoms with E-state index in [4.69, 9.17) is 5.73 Å². The molecule has 3 amide bonds. The van der Waals surface area contributed by atoms with Crippen LogP contribution in [0.15, 0.2) is 42.5 Å². The fourth-order valence-corrected chi connectivity index (χ4v) is 4.57. The zero-order valence-electron chi connectivity index (χ0n) is 18.7. The number of nitrogens with two attached hydrogens (primary N) is 1. The first-order valence-corrected chi connectivity index (χ1v) is 11.3. The smallest absolute Gasteiger partial charge is 0.229 e. The number of carbonyl (C=O) groups is 3. The largest absolute Gasteiger partial charge is 0.369 e. The topological polar surface area (TPSA) is 95.7 Å². The molecule has 33 heavy (non-hydrogen) atoms. The molecule has 2 fully saturated rings. The molecule has 7 nitrogen and oxygen atoms in total. The van der Waals surface area contributed by atoms with Crippen molar-refractivity contribution in [3.63, 3.8) is 0 Å². The minimum absolute atomic E-state index is 0.0473. The van der Waals surface area contributed by atoms with E-state index in [0.29, 0.717) is 5.69 Å². The third-order valence-corrected chi connectivity index (χ3v) is 6.48. The van der Waals surface area contributed by atoms with E-state index in [2.05, 4.69) is 10.2 Å². The molecule has 4 rings (SSSR count). The molecule has 0 spiro atoms. The summed E-state index contributed by atoms with van der Waals surface area (Å²) in [6.07, 6.45) is 1.58. The van der Waals surface area contributed by atoms with Crippen LogP contribution in [0.5, 0.6) is 0 Å². The van der Waals surface area contributed by atoms with Crippen molar-refractivity contribution in [1.82, 2.24) is 4.90 Å². The van der Waals surface area contributed by atoms with Gasteiger partial charge in [0.25, 0.3) is 0 Å². The lowest BCUT2D eigenvalue weighted by molar-refractivity contribution is -0.123. The Morgan fingerprint density at radius 3 is 2.58 bits per heavy atom. The Labute approximate surface area is 192 Å². The van der Waals surface area contributed by atoms with Gasteiger partial charge in [0.1, 0.15) is 5.82 Å². The van der Waals surface area contributed by atoms with Crippen LogP contribution in [0.1, 0.15) is 30.4 Å². The Bertz CT molecular complexity index is 1070. The molecule has 1 unspecified atom stereocenters.